The van der Waals surface area contributed by atoms with Crippen LogP contribution in [-0.2, 0) is 6.42 Å². The Kier molecular flexibility index (Phi) is 3.47. The first kappa shape index (κ1) is 13.6. The molecule has 2 aromatic carbocycles. The molecule has 1 aliphatic heterocycles. The van der Waals surface area contributed by atoms with Crippen LogP contribution in [0.4, 0.5) is 5.69 Å². The van der Waals surface area contributed by atoms with Crippen molar-refractivity contribution in [1.29, 1.82) is 0 Å². The monoisotopic (exact) mass is 290 g/mol. The molecular weight excluding hydrogens is 268 g/mol. The number of hydrogen-bond donors (Lipinski definition) is 1. The van der Waals surface area contributed by atoms with Gasteiger partial charge in [0.15, 0.2) is 0 Å². The second-order valence-corrected chi connectivity index (χ2v) is 6.42. The lowest BCUT2D eigenvalue weighted by molar-refractivity contribution is 0.501. The maximum Gasteiger partial charge on any atom is 0.0372 e. The topological polar surface area (TPSA) is 29.3 Å². The molecule has 1 heterocycles. The molecule has 1 saturated heterocycles. The lowest BCUT2D eigenvalue weighted by Crippen LogP contribution is -2.39. The Bertz CT molecular complexity index is 709. The van der Waals surface area contributed by atoms with Crippen LogP contribution >= 0.6 is 0 Å². The zero-order valence-corrected chi connectivity index (χ0v) is 12.8. The Morgan fingerprint density at radius 3 is 2.59 bits per heavy atom. The number of nitrogens with two attached hydrogens (primary N) is 1. The molecule has 1 fully saturated rings. The number of nitrogens with zero attached hydrogens (tertiary/aromatic N) is 1. The molecule has 0 bridgehead atoms. The largest absolute Gasteiger partial charge is 0.371 e. The fourth-order valence-electron chi connectivity index (χ4n) is 3.53. The van der Waals surface area contributed by atoms with Crippen LogP contribution in [0.2, 0.25) is 0 Å². The number of piperidine rings is 1. The summed E-state index contributed by atoms with van der Waals surface area (Å²) in [4.78, 5) is 2.47. The second-order valence-electron chi connectivity index (χ2n) is 6.42. The maximum atomic E-state index is 6.02. The van der Waals surface area contributed by atoms with Crippen LogP contribution in [0.25, 0.3) is 11.6 Å². The van der Waals surface area contributed by atoms with E-state index in [0.717, 1.165) is 32.4 Å². The zero-order valence-electron chi connectivity index (χ0n) is 12.8. The number of hydrogen-bond acceptors (Lipinski definition) is 2. The lowest BCUT2D eigenvalue weighted by atomic mass is 10.0. The van der Waals surface area contributed by atoms with Gasteiger partial charge in [-0.3, -0.25) is 0 Å². The summed E-state index contributed by atoms with van der Waals surface area (Å²) >= 11 is 0. The third-order valence-corrected chi connectivity index (χ3v) is 4.89. The van der Waals surface area contributed by atoms with E-state index in [1.165, 1.54) is 28.0 Å². The minimum absolute atomic E-state index is 0.381. The fourth-order valence-corrected chi connectivity index (χ4v) is 3.53. The molecule has 0 spiro atoms. The summed E-state index contributed by atoms with van der Waals surface area (Å²) in [6.07, 6.45) is 5.57. The predicted molar refractivity (Wildman–Crippen MR) is 93.9 cm³/mol. The molecule has 112 valence electrons. The van der Waals surface area contributed by atoms with Gasteiger partial charge in [0, 0.05) is 24.8 Å². The highest BCUT2D eigenvalue weighted by molar-refractivity contribution is 5.89. The van der Waals surface area contributed by atoms with Crippen molar-refractivity contribution in [3.05, 3.63) is 65.2 Å². The summed E-state index contributed by atoms with van der Waals surface area (Å²) in [7, 11) is 0. The van der Waals surface area contributed by atoms with E-state index in [0.29, 0.717) is 6.04 Å². The molecule has 4 rings (SSSR count). The Morgan fingerprint density at radius 2 is 1.77 bits per heavy atom. The van der Waals surface area contributed by atoms with Crippen LogP contribution < -0.4 is 10.6 Å². The molecule has 2 heteroatoms. The van der Waals surface area contributed by atoms with E-state index in [4.69, 9.17) is 5.73 Å². The van der Waals surface area contributed by atoms with Gasteiger partial charge in [-0.05, 0) is 53.7 Å². The van der Waals surface area contributed by atoms with Crippen molar-refractivity contribution in [2.75, 3.05) is 18.0 Å². The van der Waals surface area contributed by atoms with Crippen molar-refractivity contribution in [2.24, 2.45) is 5.73 Å². The third kappa shape index (κ3) is 2.55. The summed E-state index contributed by atoms with van der Waals surface area (Å²) in [5.74, 6) is 0. The van der Waals surface area contributed by atoms with Crippen LogP contribution in [0.1, 0.15) is 29.5 Å². The smallest absolute Gasteiger partial charge is 0.0372 e. The number of fused-ring (bicyclic) bond motifs is 1. The van der Waals surface area contributed by atoms with E-state index in [1.54, 1.807) is 0 Å². The first-order valence-electron chi connectivity index (χ1n) is 8.19. The molecule has 22 heavy (non-hydrogen) atoms. The number of anilines is 1. The van der Waals surface area contributed by atoms with Gasteiger partial charge in [0.1, 0.15) is 0 Å². The molecule has 2 aromatic rings. The van der Waals surface area contributed by atoms with Gasteiger partial charge >= 0.3 is 0 Å². The van der Waals surface area contributed by atoms with Gasteiger partial charge in [0.05, 0.1) is 0 Å². The van der Waals surface area contributed by atoms with Gasteiger partial charge in [-0.2, -0.15) is 0 Å². The predicted octanol–water partition coefficient (Wildman–Crippen LogP) is 3.71. The molecule has 2 nitrogen and oxygen atoms in total. The summed E-state index contributed by atoms with van der Waals surface area (Å²) in [5.41, 5.74) is 12.9. The van der Waals surface area contributed by atoms with E-state index in [9.17, 15) is 0 Å². The van der Waals surface area contributed by atoms with Crippen LogP contribution in [-0.4, -0.2) is 19.1 Å². The van der Waals surface area contributed by atoms with Crippen LogP contribution in [0.15, 0.2) is 48.5 Å². The number of allylic oxidation sites excluding steroid dienone is 1. The highest BCUT2D eigenvalue weighted by Gasteiger charge is 2.18. The van der Waals surface area contributed by atoms with Gasteiger partial charge in [-0.25, -0.2) is 0 Å². The summed E-state index contributed by atoms with van der Waals surface area (Å²) < 4.78 is 0. The Hall–Kier alpha value is -2.06. The third-order valence-electron chi connectivity index (χ3n) is 4.89. The van der Waals surface area contributed by atoms with Gasteiger partial charge < -0.3 is 10.6 Å². The molecule has 1 aliphatic carbocycles. The molecule has 0 radical (unpaired) electrons. The summed E-state index contributed by atoms with van der Waals surface area (Å²) in [5, 5.41) is 0. The molecule has 0 saturated carbocycles. The van der Waals surface area contributed by atoms with Gasteiger partial charge in [-0.1, -0.05) is 42.5 Å². The first-order chi connectivity index (χ1) is 10.8. The molecule has 0 unspecified atom stereocenters. The molecule has 0 amide bonds. The van der Waals surface area contributed by atoms with Crippen molar-refractivity contribution < 1.29 is 0 Å². The number of benzene rings is 2. The average molecular weight is 290 g/mol. The van der Waals surface area contributed by atoms with E-state index >= 15 is 0 Å². The van der Waals surface area contributed by atoms with E-state index in [2.05, 4.69) is 59.5 Å². The standard InChI is InChI=1S/C20H22N2/c21-19-8-10-22(11-9-19)20-7-3-6-17(14-20)18-12-15-4-1-2-5-16(15)13-18/h1-7,12,14,19H,8-11,13,21H2. The molecule has 0 aromatic heterocycles. The molecule has 0 atom stereocenters. The van der Waals surface area contributed by atoms with Gasteiger partial charge in [-0.15, -0.1) is 0 Å². The first-order valence-corrected chi connectivity index (χ1v) is 8.19. The van der Waals surface area contributed by atoms with E-state index in [-0.39, 0.29) is 0 Å². The summed E-state index contributed by atoms with van der Waals surface area (Å²) in [6.45, 7) is 2.15. The van der Waals surface area contributed by atoms with E-state index in [1.807, 2.05) is 0 Å². The van der Waals surface area contributed by atoms with Crippen molar-refractivity contribution >= 4 is 17.3 Å². The maximum absolute atomic E-state index is 6.02. The zero-order chi connectivity index (χ0) is 14.9. The van der Waals surface area contributed by atoms with Crippen molar-refractivity contribution in [2.45, 2.75) is 25.3 Å². The van der Waals surface area contributed by atoms with Crippen LogP contribution in [0, 0.1) is 0 Å². The lowest BCUT2D eigenvalue weighted by Gasteiger charge is -2.32. The van der Waals surface area contributed by atoms with E-state index < -0.39 is 0 Å². The van der Waals surface area contributed by atoms with Crippen LogP contribution in [0.5, 0.6) is 0 Å². The highest BCUT2D eigenvalue weighted by atomic mass is 15.1. The average Bonchev–Trinajstić information content (AvgIpc) is 3.00. The Morgan fingerprint density at radius 1 is 0.955 bits per heavy atom. The Labute approximate surface area is 132 Å². The summed E-state index contributed by atoms with van der Waals surface area (Å²) in [6, 6.07) is 18.0. The highest BCUT2D eigenvalue weighted by Crippen LogP contribution is 2.33. The Balaban J connectivity index is 1.58. The van der Waals surface area contributed by atoms with Crippen molar-refractivity contribution in [3.63, 3.8) is 0 Å². The number of rotatable bonds is 2. The normalized spacial score (nSPS) is 18.2. The second kappa shape index (κ2) is 5.62. The SMILES string of the molecule is NC1CCN(c2cccc(C3=Cc4ccccc4C3)c2)CC1. The minimum Gasteiger partial charge on any atom is -0.371 e. The molecule has 2 N–H and O–H groups in total. The quantitative estimate of drug-likeness (QED) is 0.913. The minimum atomic E-state index is 0.381. The van der Waals surface area contributed by atoms with Gasteiger partial charge in [0.25, 0.3) is 0 Å². The van der Waals surface area contributed by atoms with Crippen LogP contribution in [0.3, 0.4) is 0 Å². The van der Waals surface area contributed by atoms with Gasteiger partial charge in [0.2, 0.25) is 0 Å². The van der Waals surface area contributed by atoms with Crippen molar-refractivity contribution in [3.8, 4) is 0 Å². The fraction of sp³-hybridized carbons (Fsp3) is 0.300. The molecule has 2 aliphatic rings. The van der Waals surface area contributed by atoms with Crippen molar-refractivity contribution in [1.82, 2.24) is 0 Å². The molecular formula is C20H22N2.